The zero-order valence-corrected chi connectivity index (χ0v) is 12.3. The van der Waals surface area contributed by atoms with E-state index in [0.717, 1.165) is 12.7 Å². The number of hydrogen-bond donors (Lipinski definition) is 2. The summed E-state index contributed by atoms with van der Waals surface area (Å²) in [6, 6.07) is 3.63. The quantitative estimate of drug-likeness (QED) is 0.723. The summed E-state index contributed by atoms with van der Waals surface area (Å²) in [5.74, 6) is -0.933. The first-order valence-electron chi connectivity index (χ1n) is 4.31. The minimum Gasteiger partial charge on any atom is -0.506 e. The van der Waals surface area contributed by atoms with Crippen LogP contribution in [0.25, 0.3) is 0 Å². The Morgan fingerprint density at radius 1 is 1.40 bits per heavy atom. The van der Waals surface area contributed by atoms with Crippen molar-refractivity contribution in [2.45, 2.75) is 13.3 Å². The molecule has 0 aliphatic rings. The van der Waals surface area contributed by atoms with Crippen LogP contribution in [-0.4, -0.2) is 16.2 Å². The normalized spacial score (nSPS) is 12.5. The fourth-order valence-corrected chi connectivity index (χ4v) is 3.07. The molecule has 0 fully saturated rings. The molecule has 1 atom stereocenters. The van der Waals surface area contributed by atoms with Crippen molar-refractivity contribution in [2.75, 3.05) is 0 Å². The second-order valence-corrected chi connectivity index (χ2v) is 5.68. The van der Waals surface area contributed by atoms with Gasteiger partial charge in [0.05, 0.1) is 13.1 Å². The van der Waals surface area contributed by atoms with Crippen LogP contribution in [0.5, 0.6) is 5.75 Å². The molecular formula is C10H10I2O3. The molecule has 0 aliphatic heterocycles. The number of carbonyl (C=O) groups is 1. The molecule has 1 rings (SSSR count). The van der Waals surface area contributed by atoms with Crippen LogP contribution in [0.4, 0.5) is 0 Å². The first-order chi connectivity index (χ1) is 6.91. The molecule has 1 aromatic carbocycles. The fraction of sp³-hybridized carbons (Fsp3) is 0.300. The molecule has 0 amide bonds. The average molecular weight is 432 g/mol. The Balaban J connectivity index is 2.92. The maximum Gasteiger partial charge on any atom is 0.306 e. The Labute approximate surface area is 115 Å². The number of carboxylic acid groups (broad SMARTS) is 1. The lowest BCUT2D eigenvalue weighted by atomic mass is 10.0. The predicted octanol–water partition coefficient (Wildman–Crippen LogP) is 2.86. The Hall–Kier alpha value is -0.0500. The molecule has 1 aromatic rings. The van der Waals surface area contributed by atoms with Crippen molar-refractivity contribution in [1.82, 2.24) is 0 Å². The highest BCUT2D eigenvalue weighted by Crippen LogP contribution is 2.28. The van der Waals surface area contributed by atoms with Crippen LogP contribution in [0.15, 0.2) is 12.1 Å². The first-order valence-corrected chi connectivity index (χ1v) is 6.47. The van der Waals surface area contributed by atoms with Gasteiger partial charge >= 0.3 is 5.97 Å². The van der Waals surface area contributed by atoms with Gasteiger partial charge in [-0.25, -0.2) is 0 Å². The van der Waals surface area contributed by atoms with Crippen LogP contribution < -0.4 is 0 Å². The predicted molar refractivity (Wildman–Crippen MR) is 74.0 cm³/mol. The molecule has 2 N–H and O–H groups in total. The van der Waals surface area contributed by atoms with Crippen molar-refractivity contribution < 1.29 is 15.0 Å². The number of halogens is 2. The van der Waals surface area contributed by atoms with E-state index in [1.165, 1.54) is 0 Å². The molecule has 0 radical (unpaired) electrons. The molecule has 0 aliphatic carbocycles. The van der Waals surface area contributed by atoms with Gasteiger partial charge in [-0.1, -0.05) is 6.92 Å². The molecule has 5 heteroatoms. The molecule has 0 spiro atoms. The van der Waals surface area contributed by atoms with Crippen molar-refractivity contribution in [1.29, 1.82) is 0 Å². The van der Waals surface area contributed by atoms with Crippen LogP contribution in [0, 0.1) is 13.1 Å². The fourth-order valence-electron chi connectivity index (χ4n) is 1.18. The van der Waals surface area contributed by atoms with Gasteiger partial charge in [-0.3, -0.25) is 4.79 Å². The van der Waals surface area contributed by atoms with Crippen molar-refractivity contribution >= 4 is 51.2 Å². The van der Waals surface area contributed by atoms with Gasteiger partial charge in [0.25, 0.3) is 0 Å². The number of carboxylic acids is 1. The summed E-state index contributed by atoms with van der Waals surface area (Å²) < 4.78 is 1.51. The van der Waals surface area contributed by atoms with Gasteiger partial charge in [0.15, 0.2) is 0 Å². The summed E-state index contributed by atoms with van der Waals surface area (Å²) in [5, 5.41) is 18.3. The van der Waals surface area contributed by atoms with Crippen LogP contribution in [0.1, 0.15) is 12.5 Å². The number of rotatable bonds is 3. The highest BCUT2D eigenvalue weighted by molar-refractivity contribution is 14.1. The van der Waals surface area contributed by atoms with Gasteiger partial charge in [0, 0.05) is 0 Å². The maximum atomic E-state index is 10.7. The Morgan fingerprint density at radius 3 is 2.27 bits per heavy atom. The average Bonchev–Trinajstić information content (AvgIpc) is 2.13. The monoisotopic (exact) mass is 432 g/mol. The molecule has 0 bridgehead atoms. The van der Waals surface area contributed by atoms with Crippen LogP contribution >= 0.6 is 45.2 Å². The summed E-state index contributed by atoms with van der Waals surface area (Å²) in [7, 11) is 0. The maximum absolute atomic E-state index is 10.7. The number of phenolic OH excluding ortho intramolecular Hbond substituents is 1. The van der Waals surface area contributed by atoms with E-state index >= 15 is 0 Å². The van der Waals surface area contributed by atoms with Gasteiger partial charge < -0.3 is 10.2 Å². The minimum absolute atomic E-state index is 0.267. The SMILES string of the molecule is CC(Cc1cc(I)c(O)c(I)c1)C(=O)O. The Morgan fingerprint density at radius 2 is 1.87 bits per heavy atom. The standard InChI is InChI=1S/C10H10I2O3/c1-5(10(14)15)2-6-3-7(11)9(13)8(12)4-6/h3-5,13H,2H2,1H3,(H,14,15). The van der Waals surface area contributed by atoms with Gasteiger partial charge in [0.2, 0.25) is 0 Å². The summed E-state index contributed by atoms with van der Waals surface area (Å²) in [6.45, 7) is 1.68. The number of phenols is 1. The van der Waals surface area contributed by atoms with Crippen molar-refractivity contribution in [2.24, 2.45) is 5.92 Å². The summed E-state index contributed by atoms with van der Waals surface area (Å²) in [5.41, 5.74) is 0.941. The summed E-state index contributed by atoms with van der Waals surface area (Å²) in [4.78, 5) is 10.7. The Bertz CT molecular complexity index is 367. The van der Waals surface area contributed by atoms with Crippen LogP contribution in [0.3, 0.4) is 0 Å². The van der Waals surface area contributed by atoms with E-state index in [2.05, 4.69) is 0 Å². The number of hydrogen-bond acceptors (Lipinski definition) is 2. The molecule has 0 saturated heterocycles. The van der Waals surface area contributed by atoms with E-state index in [0.29, 0.717) is 6.42 Å². The van der Waals surface area contributed by atoms with Crippen molar-refractivity contribution in [3.05, 3.63) is 24.8 Å². The van der Waals surface area contributed by atoms with Crippen molar-refractivity contribution in [3.8, 4) is 5.75 Å². The third-order valence-corrected chi connectivity index (χ3v) is 3.68. The third-order valence-electron chi connectivity index (χ3n) is 2.04. The largest absolute Gasteiger partial charge is 0.506 e. The first kappa shape index (κ1) is 13.0. The zero-order valence-electron chi connectivity index (χ0n) is 8.00. The molecule has 0 heterocycles. The molecule has 0 saturated carbocycles. The lowest BCUT2D eigenvalue weighted by Crippen LogP contribution is -2.12. The van der Waals surface area contributed by atoms with Crippen LogP contribution in [-0.2, 0) is 11.2 Å². The van der Waals surface area contributed by atoms with E-state index in [1.807, 2.05) is 57.3 Å². The zero-order chi connectivity index (χ0) is 11.6. The van der Waals surface area contributed by atoms with Gasteiger partial charge in [-0.15, -0.1) is 0 Å². The number of benzene rings is 1. The smallest absolute Gasteiger partial charge is 0.306 e. The van der Waals surface area contributed by atoms with Gasteiger partial charge in [-0.2, -0.15) is 0 Å². The van der Waals surface area contributed by atoms with Crippen molar-refractivity contribution in [3.63, 3.8) is 0 Å². The lowest BCUT2D eigenvalue weighted by molar-refractivity contribution is -0.141. The molecular weight excluding hydrogens is 422 g/mol. The summed E-state index contributed by atoms with van der Waals surface area (Å²) in [6.07, 6.45) is 0.488. The van der Waals surface area contributed by atoms with E-state index in [-0.39, 0.29) is 5.75 Å². The van der Waals surface area contributed by atoms with Crippen LogP contribution in [0.2, 0.25) is 0 Å². The summed E-state index contributed by atoms with van der Waals surface area (Å²) >= 11 is 4.07. The van der Waals surface area contributed by atoms with Gasteiger partial charge in [0.1, 0.15) is 5.75 Å². The lowest BCUT2D eigenvalue weighted by Gasteiger charge is -2.08. The van der Waals surface area contributed by atoms with Gasteiger partial charge in [-0.05, 0) is 69.3 Å². The third kappa shape index (κ3) is 3.47. The van der Waals surface area contributed by atoms with E-state index < -0.39 is 11.9 Å². The Kier molecular flexibility index (Phi) is 4.63. The highest BCUT2D eigenvalue weighted by atomic mass is 127. The second kappa shape index (κ2) is 5.33. The molecule has 15 heavy (non-hydrogen) atoms. The number of aromatic hydroxyl groups is 1. The molecule has 0 aromatic heterocycles. The second-order valence-electron chi connectivity index (χ2n) is 3.35. The molecule has 1 unspecified atom stereocenters. The van der Waals surface area contributed by atoms with E-state index in [9.17, 15) is 9.90 Å². The number of aliphatic carboxylic acids is 1. The van der Waals surface area contributed by atoms with E-state index in [4.69, 9.17) is 5.11 Å². The van der Waals surface area contributed by atoms with E-state index in [1.54, 1.807) is 6.92 Å². The minimum atomic E-state index is -0.798. The topological polar surface area (TPSA) is 57.5 Å². The molecule has 82 valence electrons. The highest BCUT2D eigenvalue weighted by Gasteiger charge is 2.13. The molecule has 3 nitrogen and oxygen atoms in total.